The van der Waals surface area contributed by atoms with Crippen LogP contribution in [0.25, 0.3) is 10.9 Å². The van der Waals surface area contributed by atoms with Crippen molar-refractivity contribution in [2.24, 2.45) is 0 Å². The molecular formula is C19H15ClN2O2. The fraction of sp³-hybridized carbons (Fsp3) is 0.158. The molecule has 4 rings (SSSR count). The lowest BCUT2D eigenvalue weighted by Crippen LogP contribution is -2.31. The number of rotatable bonds is 4. The smallest absolute Gasteiger partial charge is 0.261 e. The van der Waals surface area contributed by atoms with Crippen LogP contribution in [-0.2, 0) is 6.54 Å². The van der Waals surface area contributed by atoms with Crippen LogP contribution in [0.1, 0.15) is 27.1 Å². The molecule has 2 amide bonds. The maximum Gasteiger partial charge on any atom is 0.261 e. The summed E-state index contributed by atoms with van der Waals surface area (Å²) in [7, 11) is 0. The molecule has 1 aromatic heterocycles. The van der Waals surface area contributed by atoms with Crippen LogP contribution in [0.5, 0.6) is 0 Å². The normalized spacial score (nSPS) is 13.8. The average molecular weight is 339 g/mol. The number of hydrogen-bond donors (Lipinski definition) is 0. The Hall–Kier alpha value is -2.59. The van der Waals surface area contributed by atoms with Crippen LogP contribution >= 0.6 is 11.6 Å². The second-order valence-electron chi connectivity index (χ2n) is 5.87. The second-order valence-corrected chi connectivity index (χ2v) is 6.31. The quantitative estimate of drug-likeness (QED) is 0.675. The Morgan fingerprint density at radius 3 is 2.29 bits per heavy atom. The Morgan fingerprint density at radius 2 is 1.58 bits per heavy atom. The van der Waals surface area contributed by atoms with E-state index in [4.69, 9.17) is 11.6 Å². The summed E-state index contributed by atoms with van der Waals surface area (Å²) in [6.07, 6.45) is 2.71. The van der Waals surface area contributed by atoms with Gasteiger partial charge in [0.2, 0.25) is 0 Å². The average Bonchev–Trinajstić information content (AvgIpc) is 3.09. The summed E-state index contributed by atoms with van der Waals surface area (Å²) in [5.41, 5.74) is 2.11. The van der Waals surface area contributed by atoms with Crippen molar-refractivity contribution in [1.82, 2.24) is 9.47 Å². The van der Waals surface area contributed by atoms with Gasteiger partial charge in [-0.3, -0.25) is 14.5 Å². The lowest BCUT2D eigenvalue weighted by molar-refractivity contribution is 0.0651. The SMILES string of the molecule is O=C1c2ccccc2C(=O)N1CCCn1ccc2cc(Cl)ccc21. The van der Waals surface area contributed by atoms with Gasteiger partial charge in [-0.05, 0) is 42.8 Å². The first-order valence-electron chi connectivity index (χ1n) is 7.85. The molecule has 1 aliphatic heterocycles. The molecule has 0 saturated carbocycles. The van der Waals surface area contributed by atoms with Crippen molar-refractivity contribution < 1.29 is 9.59 Å². The van der Waals surface area contributed by atoms with E-state index in [2.05, 4.69) is 4.57 Å². The highest BCUT2D eigenvalue weighted by Gasteiger charge is 2.34. The molecule has 24 heavy (non-hydrogen) atoms. The minimum atomic E-state index is -0.195. The number of halogens is 1. The number of fused-ring (bicyclic) bond motifs is 2. The Balaban J connectivity index is 1.46. The van der Waals surface area contributed by atoms with Crippen LogP contribution in [0.15, 0.2) is 54.7 Å². The summed E-state index contributed by atoms with van der Waals surface area (Å²) in [5.74, 6) is -0.389. The molecule has 0 spiro atoms. The van der Waals surface area contributed by atoms with Gasteiger partial charge in [-0.15, -0.1) is 0 Å². The molecule has 0 N–H and O–H groups in total. The van der Waals surface area contributed by atoms with E-state index in [0.717, 1.165) is 17.4 Å². The minimum absolute atomic E-state index is 0.195. The molecule has 2 aromatic carbocycles. The van der Waals surface area contributed by atoms with Crippen LogP contribution < -0.4 is 0 Å². The molecule has 5 heteroatoms. The zero-order valence-corrected chi connectivity index (χ0v) is 13.7. The van der Waals surface area contributed by atoms with E-state index in [1.165, 1.54) is 4.90 Å². The number of aryl methyl sites for hydroxylation is 1. The predicted molar refractivity (Wildman–Crippen MR) is 93.4 cm³/mol. The molecule has 0 fully saturated rings. The van der Waals surface area contributed by atoms with E-state index < -0.39 is 0 Å². The van der Waals surface area contributed by atoms with Crippen molar-refractivity contribution >= 4 is 34.3 Å². The number of amides is 2. The van der Waals surface area contributed by atoms with E-state index in [0.29, 0.717) is 29.1 Å². The third kappa shape index (κ3) is 2.39. The first kappa shape index (κ1) is 15.0. The van der Waals surface area contributed by atoms with Crippen molar-refractivity contribution in [2.45, 2.75) is 13.0 Å². The van der Waals surface area contributed by atoms with Gasteiger partial charge in [0.15, 0.2) is 0 Å². The number of imide groups is 1. The number of carbonyl (C=O) groups is 2. The first-order valence-corrected chi connectivity index (χ1v) is 8.22. The molecule has 0 saturated heterocycles. The Labute approximate surface area is 144 Å². The zero-order valence-electron chi connectivity index (χ0n) is 12.9. The van der Waals surface area contributed by atoms with Crippen LogP contribution in [-0.4, -0.2) is 27.8 Å². The molecular weight excluding hydrogens is 324 g/mol. The second kappa shape index (κ2) is 5.80. The van der Waals surface area contributed by atoms with Gasteiger partial charge >= 0.3 is 0 Å². The molecule has 0 aliphatic carbocycles. The fourth-order valence-corrected chi connectivity index (χ4v) is 3.39. The van der Waals surface area contributed by atoms with Crippen molar-refractivity contribution in [1.29, 1.82) is 0 Å². The van der Waals surface area contributed by atoms with Gasteiger partial charge in [-0.1, -0.05) is 23.7 Å². The van der Waals surface area contributed by atoms with E-state index in [-0.39, 0.29) is 11.8 Å². The molecule has 2 heterocycles. The van der Waals surface area contributed by atoms with Crippen molar-refractivity contribution in [3.63, 3.8) is 0 Å². The zero-order chi connectivity index (χ0) is 16.7. The standard InChI is InChI=1S/C19H15ClN2O2/c20-14-6-7-17-13(12-14)8-11-21(17)9-3-10-22-18(23)15-4-1-2-5-16(15)19(22)24/h1-2,4-8,11-12H,3,9-10H2. The number of hydrogen-bond acceptors (Lipinski definition) is 2. The third-order valence-corrected chi connectivity index (χ3v) is 4.63. The van der Waals surface area contributed by atoms with Crippen LogP contribution in [0.3, 0.4) is 0 Å². The van der Waals surface area contributed by atoms with Crippen LogP contribution in [0.4, 0.5) is 0 Å². The van der Waals surface area contributed by atoms with Gasteiger partial charge in [-0.2, -0.15) is 0 Å². The van der Waals surface area contributed by atoms with Crippen molar-refractivity contribution in [3.05, 3.63) is 70.9 Å². The van der Waals surface area contributed by atoms with Gasteiger partial charge in [-0.25, -0.2) is 0 Å². The molecule has 120 valence electrons. The Morgan fingerprint density at radius 1 is 0.875 bits per heavy atom. The minimum Gasteiger partial charge on any atom is -0.347 e. The molecule has 0 unspecified atom stereocenters. The first-order chi connectivity index (χ1) is 11.6. The van der Waals surface area contributed by atoms with Crippen molar-refractivity contribution in [2.75, 3.05) is 6.54 Å². The van der Waals surface area contributed by atoms with Crippen LogP contribution in [0.2, 0.25) is 5.02 Å². The van der Waals surface area contributed by atoms with E-state index >= 15 is 0 Å². The van der Waals surface area contributed by atoms with Crippen molar-refractivity contribution in [3.8, 4) is 0 Å². The molecule has 0 atom stereocenters. The highest BCUT2D eigenvalue weighted by molar-refractivity contribution is 6.31. The molecule has 0 radical (unpaired) electrons. The topological polar surface area (TPSA) is 42.3 Å². The number of aromatic nitrogens is 1. The van der Waals surface area contributed by atoms with Gasteiger partial charge in [0.1, 0.15) is 0 Å². The van der Waals surface area contributed by atoms with Gasteiger partial charge in [0.05, 0.1) is 11.1 Å². The molecule has 0 bridgehead atoms. The number of carbonyl (C=O) groups excluding carboxylic acids is 2. The molecule has 1 aliphatic rings. The van der Waals surface area contributed by atoms with Crippen LogP contribution in [0, 0.1) is 0 Å². The lowest BCUT2D eigenvalue weighted by Gasteiger charge is -2.14. The summed E-state index contributed by atoms with van der Waals surface area (Å²) >= 11 is 6.00. The summed E-state index contributed by atoms with van der Waals surface area (Å²) in [5, 5.41) is 1.80. The Kier molecular flexibility index (Phi) is 3.62. The highest BCUT2D eigenvalue weighted by atomic mass is 35.5. The monoisotopic (exact) mass is 338 g/mol. The van der Waals surface area contributed by atoms with Gasteiger partial charge in [0.25, 0.3) is 11.8 Å². The van der Waals surface area contributed by atoms with Gasteiger partial charge < -0.3 is 4.57 Å². The maximum absolute atomic E-state index is 12.3. The van der Waals surface area contributed by atoms with E-state index in [9.17, 15) is 9.59 Å². The van der Waals surface area contributed by atoms with E-state index in [1.54, 1.807) is 24.3 Å². The highest BCUT2D eigenvalue weighted by Crippen LogP contribution is 2.23. The molecule has 3 aromatic rings. The molecule has 4 nitrogen and oxygen atoms in total. The Bertz CT molecular complexity index is 926. The predicted octanol–water partition coefficient (Wildman–Crippen LogP) is 3.98. The third-order valence-electron chi connectivity index (χ3n) is 4.39. The summed E-state index contributed by atoms with van der Waals surface area (Å²) < 4.78 is 2.11. The number of benzene rings is 2. The summed E-state index contributed by atoms with van der Waals surface area (Å²) in [4.78, 5) is 26.0. The summed E-state index contributed by atoms with van der Waals surface area (Å²) in [6, 6.07) is 14.8. The van der Waals surface area contributed by atoms with E-state index in [1.807, 2.05) is 30.5 Å². The number of nitrogens with zero attached hydrogens (tertiary/aromatic N) is 2. The maximum atomic E-state index is 12.3. The van der Waals surface area contributed by atoms with Gasteiger partial charge in [0, 0.05) is 35.2 Å². The lowest BCUT2D eigenvalue weighted by atomic mass is 10.1. The fourth-order valence-electron chi connectivity index (χ4n) is 3.21. The summed E-state index contributed by atoms with van der Waals surface area (Å²) in [6.45, 7) is 1.15. The largest absolute Gasteiger partial charge is 0.347 e.